The van der Waals surface area contributed by atoms with Gasteiger partial charge in [-0.2, -0.15) is 0 Å². The average molecular weight is 244 g/mol. The zero-order chi connectivity index (χ0) is 12.9. The Morgan fingerprint density at radius 1 is 1.33 bits per heavy atom. The monoisotopic (exact) mass is 244 g/mol. The SMILES string of the molecule is C=CC1=C(C=C)C2(CN(C(=O)C3CC3)C2)C(=O)N1. The highest BCUT2D eigenvalue weighted by atomic mass is 16.2. The van der Waals surface area contributed by atoms with Gasteiger partial charge in [0, 0.05) is 24.7 Å². The minimum atomic E-state index is -0.574. The maximum Gasteiger partial charge on any atom is 0.238 e. The third-order valence-corrected chi connectivity index (χ3v) is 4.06. The largest absolute Gasteiger partial charge is 0.339 e. The number of rotatable bonds is 3. The number of hydrogen-bond donors (Lipinski definition) is 1. The summed E-state index contributed by atoms with van der Waals surface area (Å²) in [5.41, 5.74) is 1.03. The van der Waals surface area contributed by atoms with Gasteiger partial charge in [-0.05, 0) is 24.5 Å². The van der Waals surface area contributed by atoms with Crippen molar-refractivity contribution in [3.63, 3.8) is 0 Å². The zero-order valence-corrected chi connectivity index (χ0v) is 10.2. The Kier molecular flexibility index (Phi) is 2.24. The van der Waals surface area contributed by atoms with E-state index in [1.807, 2.05) is 0 Å². The van der Waals surface area contributed by atoms with E-state index in [-0.39, 0.29) is 17.7 Å². The molecule has 0 unspecified atom stereocenters. The van der Waals surface area contributed by atoms with Gasteiger partial charge in [-0.15, -0.1) is 0 Å². The van der Waals surface area contributed by atoms with Crippen LogP contribution in [0.15, 0.2) is 36.6 Å². The second kappa shape index (κ2) is 3.57. The van der Waals surface area contributed by atoms with Crippen LogP contribution in [0, 0.1) is 11.3 Å². The molecular formula is C14H16N2O2. The van der Waals surface area contributed by atoms with E-state index in [9.17, 15) is 9.59 Å². The van der Waals surface area contributed by atoms with E-state index in [1.165, 1.54) is 0 Å². The second-order valence-corrected chi connectivity index (χ2v) is 5.24. The molecule has 0 atom stereocenters. The Morgan fingerprint density at radius 3 is 2.50 bits per heavy atom. The molecule has 2 fully saturated rings. The van der Waals surface area contributed by atoms with E-state index in [4.69, 9.17) is 0 Å². The molecule has 1 N–H and O–H groups in total. The Hall–Kier alpha value is -1.84. The molecule has 4 nitrogen and oxygen atoms in total. The van der Waals surface area contributed by atoms with Gasteiger partial charge in [0.1, 0.15) is 5.41 Å². The van der Waals surface area contributed by atoms with Gasteiger partial charge in [0.15, 0.2) is 0 Å². The van der Waals surface area contributed by atoms with Crippen molar-refractivity contribution in [3.8, 4) is 0 Å². The molecule has 0 aromatic rings. The van der Waals surface area contributed by atoms with Gasteiger partial charge in [0.25, 0.3) is 0 Å². The molecular weight excluding hydrogens is 228 g/mol. The molecule has 2 aliphatic heterocycles. The van der Waals surface area contributed by atoms with Gasteiger partial charge in [-0.25, -0.2) is 0 Å². The van der Waals surface area contributed by atoms with Crippen LogP contribution in [0.2, 0.25) is 0 Å². The molecule has 94 valence electrons. The third-order valence-electron chi connectivity index (χ3n) is 4.06. The van der Waals surface area contributed by atoms with Crippen LogP contribution in [0.5, 0.6) is 0 Å². The first-order valence-corrected chi connectivity index (χ1v) is 6.22. The summed E-state index contributed by atoms with van der Waals surface area (Å²) in [6, 6.07) is 0. The number of hydrogen-bond acceptors (Lipinski definition) is 2. The maximum absolute atomic E-state index is 12.1. The van der Waals surface area contributed by atoms with Crippen molar-refractivity contribution in [2.45, 2.75) is 12.8 Å². The van der Waals surface area contributed by atoms with Crippen LogP contribution in [-0.2, 0) is 9.59 Å². The van der Waals surface area contributed by atoms with Gasteiger partial charge in [-0.3, -0.25) is 9.59 Å². The topological polar surface area (TPSA) is 49.4 Å². The van der Waals surface area contributed by atoms with Crippen molar-refractivity contribution >= 4 is 11.8 Å². The van der Waals surface area contributed by atoms with E-state index in [1.54, 1.807) is 17.1 Å². The summed E-state index contributed by atoms with van der Waals surface area (Å²) in [4.78, 5) is 25.8. The molecule has 0 radical (unpaired) electrons. The van der Waals surface area contributed by atoms with E-state index < -0.39 is 5.41 Å². The van der Waals surface area contributed by atoms with Crippen LogP contribution in [0.3, 0.4) is 0 Å². The Morgan fingerprint density at radius 2 is 2.00 bits per heavy atom. The van der Waals surface area contributed by atoms with Gasteiger partial charge in [0.2, 0.25) is 11.8 Å². The molecule has 2 heterocycles. The summed E-state index contributed by atoms with van der Waals surface area (Å²) >= 11 is 0. The first kappa shape index (κ1) is 11.3. The van der Waals surface area contributed by atoms with Crippen LogP contribution in [0.25, 0.3) is 0 Å². The molecule has 3 rings (SSSR count). The van der Waals surface area contributed by atoms with Crippen LogP contribution in [0.1, 0.15) is 12.8 Å². The lowest BCUT2D eigenvalue weighted by molar-refractivity contribution is -0.149. The number of carbonyl (C=O) groups excluding carboxylic acids is 2. The van der Waals surface area contributed by atoms with Crippen LogP contribution < -0.4 is 5.32 Å². The number of amides is 2. The zero-order valence-electron chi connectivity index (χ0n) is 10.2. The Bertz CT molecular complexity index is 494. The highest BCUT2D eigenvalue weighted by Gasteiger charge is 2.57. The van der Waals surface area contributed by atoms with Crippen molar-refractivity contribution in [2.24, 2.45) is 11.3 Å². The van der Waals surface area contributed by atoms with E-state index >= 15 is 0 Å². The molecule has 0 bridgehead atoms. The molecule has 18 heavy (non-hydrogen) atoms. The molecule has 4 heteroatoms. The average Bonchev–Trinajstić information content (AvgIpc) is 3.10. The molecule has 3 aliphatic rings. The minimum absolute atomic E-state index is 0.0350. The summed E-state index contributed by atoms with van der Waals surface area (Å²) in [6.45, 7) is 8.42. The standard InChI is InChI=1S/C14H16N2O2/c1-3-10-11(4-2)15-13(18)14(10)7-16(8-14)12(17)9-5-6-9/h3-4,9H,1-2,5-8H2,(H,15,18). The number of allylic oxidation sites excluding steroid dienone is 2. The number of nitrogens with zero attached hydrogens (tertiary/aromatic N) is 1. The maximum atomic E-state index is 12.1. The molecule has 0 aromatic heterocycles. The normalized spacial score (nSPS) is 24.9. The van der Waals surface area contributed by atoms with Crippen LogP contribution in [-0.4, -0.2) is 29.8 Å². The fourth-order valence-corrected chi connectivity index (χ4v) is 2.82. The third kappa shape index (κ3) is 1.32. The molecule has 1 saturated carbocycles. The number of nitrogens with one attached hydrogen (secondary N) is 1. The minimum Gasteiger partial charge on any atom is -0.339 e. The van der Waals surface area contributed by atoms with Gasteiger partial charge in [0.05, 0.1) is 0 Å². The fraction of sp³-hybridized carbons (Fsp3) is 0.429. The highest BCUT2D eigenvalue weighted by molar-refractivity contribution is 5.96. The number of carbonyl (C=O) groups is 2. The molecule has 1 aliphatic carbocycles. The van der Waals surface area contributed by atoms with Gasteiger partial charge >= 0.3 is 0 Å². The van der Waals surface area contributed by atoms with Crippen molar-refractivity contribution in [2.75, 3.05) is 13.1 Å². The molecule has 2 amide bonds. The summed E-state index contributed by atoms with van der Waals surface area (Å²) < 4.78 is 0. The lowest BCUT2D eigenvalue weighted by atomic mass is 9.73. The lowest BCUT2D eigenvalue weighted by Gasteiger charge is -2.47. The van der Waals surface area contributed by atoms with Gasteiger partial charge < -0.3 is 10.2 Å². The predicted octanol–water partition coefficient (Wildman–Crippen LogP) is 0.981. The summed E-state index contributed by atoms with van der Waals surface area (Å²) in [6.07, 6.45) is 5.33. The number of likely N-dealkylation sites (tertiary alicyclic amines) is 1. The van der Waals surface area contributed by atoms with Crippen molar-refractivity contribution < 1.29 is 9.59 Å². The van der Waals surface area contributed by atoms with Crippen molar-refractivity contribution in [1.29, 1.82) is 0 Å². The fourth-order valence-electron chi connectivity index (χ4n) is 2.82. The summed E-state index contributed by atoms with van der Waals surface area (Å²) in [5.74, 6) is 0.373. The van der Waals surface area contributed by atoms with E-state index in [0.717, 1.165) is 24.1 Å². The first-order valence-electron chi connectivity index (χ1n) is 6.22. The summed E-state index contributed by atoms with van der Waals surface area (Å²) in [5, 5.41) is 2.82. The second-order valence-electron chi connectivity index (χ2n) is 5.24. The smallest absolute Gasteiger partial charge is 0.238 e. The van der Waals surface area contributed by atoms with Crippen LogP contribution in [0.4, 0.5) is 0 Å². The lowest BCUT2D eigenvalue weighted by Crippen LogP contribution is -2.63. The van der Waals surface area contributed by atoms with Crippen molar-refractivity contribution in [1.82, 2.24) is 10.2 Å². The Labute approximate surface area is 106 Å². The first-order chi connectivity index (χ1) is 8.62. The van der Waals surface area contributed by atoms with Crippen molar-refractivity contribution in [3.05, 3.63) is 36.6 Å². The van der Waals surface area contributed by atoms with Gasteiger partial charge in [-0.1, -0.05) is 19.2 Å². The van der Waals surface area contributed by atoms with E-state index in [0.29, 0.717) is 13.1 Å². The van der Waals surface area contributed by atoms with E-state index in [2.05, 4.69) is 18.5 Å². The molecule has 0 aromatic carbocycles. The predicted molar refractivity (Wildman–Crippen MR) is 67.3 cm³/mol. The molecule has 1 spiro atoms. The Balaban J connectivity index is 1.82. The highest BCUT2D eigenvalue weighted by Crippen LogP contribution is 2.45. The molecule has 1 saturated heterocycles. The van der Waals surface area contributed by atoms with Crippen LogP contribution >= 0.6 is 0 Å². The quantitative estimate of drug-likeness (QED) is 0.804. The summed E-state index contributed by atoms with van der Waals surface area (Å²) in [7, 11) is 0.